The molecule has 0 aliphatic rings. The molecule has 0 fully saturated rings. The molecule has 1 amide bonds. The minimum absolute atomic E-state index is 0.213. The van der Waals surface area contributed by atoms with Crippen LogP contribution in [0.3, 0.4) is 0 Å². The maximum absolute atomic E-state index is 12.1. The van der Waals surface area contributed by atoms with Crippen LogP contribution in [0.2, 0.25) is 0 Å². The SMILES string of the molecule is O=C(Nc1ccnn1Cc1cnn(-c2ccccc2)c1)c1ccon1. The molecule has 0 bridgehead atoms. The number of amides is 1. The topological polar surface area (TPSA) is 90.8 Å². The fraction of sp³-hybridized carbons (Fsp3) is 0.0588. The van der Waals surface area contributed by atoms with Crippen molar-refractivity contribution >= 4 is 11.7 Å². The van der Waals surface area contributed by atoms with Crippen LogP contribution in [0.4, 0.5) is 5.82 Å². The first kappa shape index (κ1) is 14.9. The molecule has 3 aromatic heterocycles. The Bertz CT molecular complexity index is 972. The Hall–Kier alpha value is -3.68. The number of anilines is 1. The zero-order valence-corrected chi connectivity index (χ0v) is 13.1. The van der Waals surface area contributed by atoms with Crippen molar-refractivity contribution in [1.82, 2.24) is 24.7 Å². The van der Waals surface area contributed by atoms with E-state index in [0.29, 0.717) is 12.4 Å². The number of para-hydroxylation sites is 1. The van der Waals surface area contributed by atoms with Gasteiger partial charge in [-0.15, -0.1) is 0 Å². The number of nitrogens with zero attached hydrogens (tertiary/aromatic N) is 5. The van der Waals surface area contributed by atoms with Gasteiger partial charge in [-0.2, -0.15) is 10.2 Å². The minimum Gasteiger partial charge on any atom is -0.364 e. The largest absolute Gasteiger partial charge is 0.364 e. The first-order valence-corrected chi connectivity index (χ1v) is 7.62. The van der Waals surface area contributed by atoms with Gasteiger partial charge < -0.3 is 9.84 Å². The molecule has 1 N–H and O–H groups in total. The van der Waals surface area contributed by atoms with Crippen LogP contribution in [0.25, 0.3) is 5.69 Å². The summed E-state index contributed by atoms with van der Waals surface area (Å²) < 4.78 is 8.16. The highest BCUT2D eigenvalue weighted by molar-refractivity contribution is 6.02. The van der Waals surface area contributed by atoms with Crippen molar-refractivity contribution in [2.75, 3.05) is 5.32 Å². The Kier molecular flexibility index (Phi) is 3.83. The standard InChI is InChI=1S/C17H14N6O2/c24-17(15-7-9-25-21-15)20-16-6-8-18-23(16)12-13-10-19-22(11-13)14-4-2-1-3-5-14/h1-11H,12H2,(H,20,24). The van der Waals surface area contributed by atoms with Gasteiger partial charge in [0.25, 0.3) is 5.91 Å². The van der Waals surface area contributed by atoms with Gasteiger partial charge in [0.15, 0.2) is 5.69 Å². The molecular weight excluding hydrogens is 320 g/mol. The van der Waals surface area contributed by atoms with Crippen LogP contribution < -0.4 is 5.32 Å². The summed E-state index contributed by atoms with van der Waals surface area (Å²) in [5.74, 6) is 0.218. The number of nitrogens with one attached hydrogen (secondary N) is 1. The van der Waals surface area contributed by atoms with Crippen molar-refractivity contribution in [3.63, 3.8) is 0 Å². The van der Waals surface area contributed by atoms with E-state index in [4.69, 9.17) is 0 Å². The van der Waals surface area contributed by atoms with Crippen molar-refractivity contribution in [1.29, 1.82) is 0 Å². The van der Waals surface area contributed by atoms with E-state index in [1.54, 1.807) is 27.8 Å². The van der Waals surface area contributed by atoms with E-state index < -0.39 is 0 Å². The molecule has 8 heteroatoms. The second-order valence-electron chi connectivity index (χ2n) is 5.34. The average molecular weight is 334 g/mol. The van der Waals surface area contributed by atoms with E-state index in [-0.39, 0.29) is 11.6 Å². The fourth-order valence-corrected chi connectivity index (χ4v) is 2.41. The number of hydrogen-bond donors (Lipinski definition) is 1. The molecule has 4 rings (SSSR count). The number of rotatable bonds is 5. The van der Waals surface area contributed by atoms with Gasteiger partial charge in [0, 0.05) is 23.9 Å². The van der Waals surface area contributed by atoms with Gasteiger partial charge in [0.1, 0.15) is 12.1 Å². The predicted octanol–water partition coefficient (Wildman–Crippen LogP) is 2.36. The highest BCUT2D eigenvalue weighted by atomic mass is 16.5. The molecule has 25 heavy (non-hydrogen) atoms. The van der Waals surface area contributed by atoms with E-state index in [2.05, 4.69) is 25.2 Å². The third kappa shape index (κ3) is 3.18. The van der Waals surface area contributed by atoms with Crippen molar-refractivity contribution in [2.45, 2.75) is 6.54 Å². The van der Waals surface area contributed by atoms with Crippen LogP contribution in [-0.4, -0.2) is 30.6 Å². The highest BCUT2D eigenvalue weighted by Gasteiger charge is 2.13. The lowest BCUT2D eigenvalue weighted by Gasteiger charge is -2.06. The van der Waals surface area contributed by atoms with Crippen LogP contribution in [0, 0.1) is 0 Å². The molecule has 0 saturated heterocycles. The summed E-state index contributed by atoms with van der Waals surface area (Å²) in [6.07, 6.45) is 6.68. The highest BCUT2D eigenvalue weighted by Crippen LogP contribution is 2.13. The lowest BCUT2D eigenvalue weighted by Crippen LogP contribution is -2.16. The molecule has 1 aromatic carbocycles. The summed E-state index contributed by atoms with van der Waals surface area (Å²) >= 11 is 0. The summed E-state index contributed by atoms with van der Waals surface area (Å²) in [5.41, 5.74) is 2.16. The number of carbonyl (C=O) groups excluding carboxylic acids is 1. The monoisotopic (exact) mass is 334 g/mol. The van der Waals surface area contributed by atoms with E-state index in [1.165, 1.54) is 12.3 Å². The van der Waals surface area contributed by atoms with Crippen molar-refractivity contribution in [2.24, 2.45) is 0 Å². The van der Waals surface area contributed by atoms with Crippen LogP contribution in [0.1, 0.15) is 16.1 Å². The Morgan fingerprint density at radius 2 is 2.00 bits per heavy atom. The van der Waals surface area contributed by atoms with Gasteiger partial charge in [0.05, 0.1) is 24.6 Å². The van der Waals surface area contributed by atoms with Gasteiger partial charge >= 0.3 is 0 Å². The van der Waals surface area contributed by atoms with Crippen LogP contribution in [0.15, 0.2) is 71.8 Å². The third-order valence-corrected chi connectivity index (χ3v) is 3.62. The van der Waals surface area contributed by atoms with E-state index in [1.807, 2.05) is 36.5 Å². The lowest BCUT2D eigenvalue weighted by atomic mass is 10.3. The molecule has 0 saturated carbocycles. The van der Waals surface area contributed by atoms with E-state index >= 15 is 0 Å². The summed E-state index contributed by atoms with van der Waals surface area (Å²) in [4.78, 5) is 12.1. The molecule has 124 valence electrons. The van der Waals surface area contributed by atoms with Crippen molar-refractivity contribution in [3.8, 4) is 5.69 Å². The number of hydrogen-bond acceptors (Lipinski definition) is 5. The Morgan fingerprint density at radius 3 is 2.80 bits per heavy atom. The summed E-state index contributed by atoms with van der Waals surface area (Å²) in [7, 11) is 0. The second-order valence-corrected chi connectivity index (χ2v) is 5.34. The first-order valence-electron chi connectivity index (χ1n) is 7.62. The zero-order chi connectivity index (χ0) is 17.1. The quantitative estimate of drug-likeness (QED) is 0.605. The van der Waals surface area contributed by atoms with Gasteiger partial charge in [0.2, 0.25) is 0 Å². The normalized spacial score (nSPS) is 10.7. The van der Waals surface area contributed by atoms with Crippen LogP contribution >= 0.6 is 0 Å². The Morgan fingerprint density at radius 1 is 1.12 bits per heavy atom. The second kappa shape index (κ2) is 6.44. The maximum atomic E-state index is 12.1. The molecule has 0 aliphatic carbocycles. The molecule has 0 unspecified atom stereocenters. The lowest BCUT2D eigenvalue weighted by molar-refractivity contribution is 0.101. The van der Waals surface area contributed by atoms with Crippen LogP contribution in [-0.2, 0) is 6.54 Å². The van der Waals surface area contributed by atoms with Crippen molar-refractivity contribution < 1.29 is 9.32 Å². The molecule has 0 spiro atoms. The van der Waals surface area contributed by atoms with Gasteiger partial charge in [-0.3, -0.25) is 4.79 Å². The zero-order valence-electron chi connectivity index (χ0n) is 13.1. The Labute approximate surface area is 142 Å². The average Bonchev–Trinajstić information content (AvgIpc) is 3.38. The van der Waals surface area contributed by atoms with Crippen molar-refractivity contribution in [3.05, 3.63) is 78.6 Å². The third-order valence-electron chi connectivity index (χ3n) is 3.62. The molecule has 0 aliphatic heterocycles. The molecular formula is C17H14N6O2. The summed E-state index contributed by atoms with van der Waals surface area (Å²) in [6, 6.07) is 13.1. The van der Waals surface area contributed by atoms with Gasteiger partial charge in [-0.25, -0.2) is 9.36 Å². The van der Waals surface area contributed by atoms with Crippen LogP contribution in [0.5, 0.6) is 0 Å². The van der Waals surface area contributed by atoms with Gasteiger partial charge in [-0.05, 0) is 12.1 Å². The number of carbonyl (C=O) groups is 1. The summed E-state index contributed by atoms with van der Waals surface area (Å²) in [6.45, 7) is 0.480. The molecule has 3 heterocycles. The van der Waals surface area contributed by atoms with E-state index in [0.717, 1.165) is 11.3 Å². The summed E-state index contributed by atoms with van der Waals surface area (Å²) in [5, 5.41) is 15.0. The molecule has 4 aromatic rings. The molecule has 0 atom stereocenters. The maximum Gasteiger partial charge on any atom is 0.278 e. The smallest absolute Gasteiger partial charge is 0.278 e. The minimum atomic E-state index is -0.351. The predicted molar refractivity (Wildman–Crippen MR) is 89.3 cm³/mol. The number of benzene rings is 1. The fourth-order valence-electron chi connectivity index (χ4n) is 2.41. The number of aromatic nitrogens is 5. The molecule has 0 radical (unpaired) electrons. The van der Waals surface area contributed by atoms with Gasteiger partial charge in [-0.1, -0.05) is 23.4 Å². The first-order chi connectivity index (χ1) is 12.3. The Balaban J connectivity index is 1.50. The van der Waals surface area contributed by atoms with E-state index in [9.17, 15) is 4.79 Å². The molecule has 8 nitrogen and oxygen atoms in total.